The van der Waals surface area contributed by atoms with E-state index in [4.69, 9.17) is 33.7 Å². The Labute approximate surface area is 128 Å². The van der Waals surface area contributed by atoms with E-state index in [0.29, 0.717) is 16.7 Å². The molecule has 0 aromatic carbocycles. The number of carbonyl (C=O) groups excluding carboxylic acids is 1. The van der Waals surface area contributed by atoms with Gasteiger partial charge >= 0.3 is 6.09 Å². The number of nitrogens with one attached hydrogen (secondary N) is 1. The van der Waals surface area contributed by atoms with E-state index in [-0.39, 0.29) is 12.6 Å². The van der Waals surface area contributed by atoms with E-state index in [9.17, 15) is 4.79 Å². The number of carbonyl (C=O) groups is 1. The van der Waals surface area contributed by atoms with Crippen LogP contribution in [0, 0.1) is 0 Å². The second kappa shape index (κ2) is 7.11. The summed E-state index contributed by atoms with van der Waals surface area (Å²) in [7, 11) is 0. The Morgan fingerprint density at radius 1 is 1.40 bits per heavy atom. The van der Waals surface area contributed by atoms with Crippen molar-refractivity contribution < 1.29 is 9.53 Å². The molecule has 7 heteroatoms. The minimum absolute atomic E-state index is 0.264. The summed E-state index contributed by atoms with van der Waals surface area (Å²) in [6.07, 6.45) is -0.00302. The summed E-state index contributed by atoms with van der Waals surface area (Å²) in [6, 6.07) is 3.11. The van der Waals surface area contributed by atoms with E-state index >= 15 is 0 Å². The van der Waals surface area contributed by atoms with Crippen molar-refractivity contribution in [2.45, 2.75) is 38.8 Å². The third kappa shape index (κ3) is 6.41. The highest BCUT2D eigenvalue weighted by Gasteiger charge is 2.19. The number of halogens is 2. The van der Waals surface area contributed by atoms with Gasteiger partial charge in [-0.1, -0.05) is 23.2 Å². The topological polar surface area (TPSA) is 77.2 Å². The number of ether oxygens (including phenoxy) is 1. The molecule has 0 spiro atoms. The Morgan fingerprint density at radius 3 is 2.40 bits per heavy atom. The van der Waals surface area contributed by atoms with Crippen molar-refractivity contribution in [2.75, 3.05) is 6.54 Å². The van der Waals surface area contributed by atoms with Crippen molar-refractivity contribution >= 4 is 29.3 Å². The number of pyridine rings is 1. The highest BCUT2D eigenvalue weighted by Crippen LogP contribution is 2.16. The first kappa shape index (κ1) is 17.0. The Bertz CT molecular complexity index is 455. The highest BCUT2D eigenvalue weighted by molar-refractivity contribution is 6.32. The zero-order valence-corrected chi connectivity index (χ0v) is 13.3. The van der Waals surface area contributed by atoms with E-state index in [0.717, 1.165) is 5.56 Å². The van der Waals surface area contributed by atoms with E-state index in [2.05, 4.69) is 10.3 Å². The lowest BCUT2D eigenvalue weighted by atomic mass is 10.1. The van der Waals surface area contributed by atoms with Crippen molar-refractivity contribution in [3.63, 3.8) is 0 Å². The average Bonchev–Trinajstić information content (AvgIpc) is 2.23. The molecule has 0 saturated heterocycles. The predicted octanol–water partition coefficient (Wildman–Crippen LogP) is 2.78. The van der Waals surface area contributed by atoms with Gasteiger partial charge in [-0.15, -0.1) is 0 Å². The monoisotopic (exact) mass is 319 g/mol. The van der Waals surface area contributed by atoms with Gasteiger partial charge in [-0.05, 0) is 44.9 Å². The smallest absolute Gasteiger partial charge is 0.407 e. The molecule has 0 aliphatic rings. The molecule has 1 heterocycles. The molecule has 3 N–H and O–H groups in total. The third-order valence-corrected chi connectivity index (χ3v) is 2.70. The van der Waals surface area contributed by atoms with Gasteiger partial charge in [0, 0.05) is 12.6 Å². The van der Waals surface area contributed by atoms with Gasteiger partial charge in [0.05, 0.1) is 0 Å². The largest absolute Gasteiger partial charge is 0.444 e. The van der Waals surface area contributed by atoms with Crippen LogP contribution in [0.15, 0.2) is 12.1 Å². The molecule has 112 valence electrons. The van der Waals surface area contributed by atoms with Crippen LogP contribution in [-0.4, -0.2) is 29.3 Å². The minimum Gasteiger partial charge on any atom is -0.444 e. The first-order valence-electron chi connectivity index (χ1n) is 6.21. The number of rotatable bonds is 4. The van der Waals surface area contributed by atoms with Crippen LogP contribution in [0.4, 0.5) is 4.79 Å². The van der Waals surface area contributed by atoms with Gasteiger partial charge in [-0.2, -0.15) is 0 Å². The maximum Gasteiger partial charge on any atom is 0.407 e. The molecule has 1 atom stereocenters. The Kier molecular flexibility index (Phi) is 6.05. The number of hydrogen-bond acceptors (Lipinski definition) is 4. The molecule has 0 bridgehead atoms. The average molecular weight is 320 g/mol. The van der Waals surface area contributed by atoms with Crippen molar-refractivity contribution in [2.24, 2.45) is 5.73 Å². The molecule has 0 aliphatic heterocycles. The molecule has 0 radical (unpaired) electrons. The molecule has 0 fully saturated rings. The van der Waals surface area contributed by atoms with E-state index < -0.39 is 11.7 Å². The zero-order chi connectivity index (χ0) is 15.3. The number of aromatic nitrogens is 1. The molecule has 1 unspecified atom stereocenters. The summed E-state index contributed by atoms with van der Waals surface area (Å²) in [5.41, 5.74) is 5.96. The molecular formula is C13H19Cl2N3O2. The quantitative estimate of drug-likeness (QED) is 0.836. The summed E-state index contributed by atoms with van der Waals surface area (Å²) >= 11 is 11.7. The van der Waals surface area contributed by atoms with Crippen LogP contribution in [0.5, 0.6) is 0 Å². The maximum atomic E-state index is 11.7. The normalized spacial score (nSPS) is 12.9. The standard InChI is InChI=1S/C13H19Cl2N3O2/c1-13(2,3)20-12(19)17-9(7-16)4-8-5-10(14)18-11(15)6-8/h5-6,9H,4,7,16H2,1-3H3,(H,17,19). The predicted molar refractivity (Wildman–Crippen MR) is 80.2 cm³/mol. The van der Waals surface area contributed by atoms with Crippen LogP contribution in [0.2, 0.25) is 10.3 Å². The zero-order valence-electron chi connectivity index (χ0n) is 11.7. The van der Waals surface area contributed by atoms with E-state index in [1.165, 1.54) is 0 Å². The van der Waals surface area contributed by atoms with Crippen LogP contribution < -0.4 is 11.1 Å². The van der Waals surface area contributed by atoms with E-state index in [1.807, 2.05) is 0 Å². The molecule has 20 heavy (non-hydrogen) atoms. The summed E-state index contributed by atoms with van der Waals surface area (Å²) in [6.45, 7) is 5.67. The van der Waals surface area contributed by atoms with Crippen LogP contribution in [0.1, 0.15) is 26.3 Å². The summed E-state index contributed by atoms with van der Waals surface area (Å²) < 4.78 is 5.19. The fraction of sp³-hybridized carbons (Fsp3) is 0.538. The van der Waals surface area contributed by atoms with Gasteiger partial charge in [0.1, 0.15) is 15.9 Å². The van der Waals surface area contributed by atoms with E-state index in [1.54, 1.807) is 32.9 Å². The Hall–Kier alpha value is -1.04. The lowest BCUT2D eigenvalue weighted by Crippen LogP contribution is -2.44. The van der Waals surface area contributed by atoms with Gasteiger partial charge in [-0.3, -0.25) is 0 Å². The number of nitrogens with zero attached hydrogens (tertiary/aromatic N) is 1. The molecule has 5 nitrogen and oxygen atoms in total. The Morgan fingerprint density at radius 2 is 1.95 bits per heavy atom. The van der Waals surface area contributed by atoms with Crippen LogP contribution in [0.3, 0.4) is 0 Å². The van der Waals surface area contributed by atoms with Crippen LogP contribution in [-0.2, 0) is 11.2 Å². The van der Waals surface area contributed by atoms with Crippen molar-refractivity contribution in [3.05, 3.63) is 28.0 Å². The number of amides is 1. The van der Waals surface area contributed by atoms with Crippen LogP contribution >= 0.6 is 23.2 Å². The third-order valence-electron chi connectivity index (χ3n) is 2.31. The number of nitrogens with two attached hydrogens (primary N) is 1. The summed E-state index contributed by atoms with van der Waals surface area (Å²) in [5.74, 6) is 0. The first-order valence-corrected chi connectivity index (χ1v) is 6.97. The fourth-order valence-electron chi connectivity index (χ4n) is 1.58. The molecule has 0 saturated carbocycles. The molecular weight excluding hydrogens is 301 g/mol. The second-order valence-electron chi connectivity index (χ2n) is 5.40. The molecule has 1 aromatic rings. The van der Waals surface area contributed by atoms with Gasteiger partial charge in [0.25, 0.3) is 0 Å². The number of alkyl carbamates (subject to hydrolysis) is 1. The van der Waals surface area contributed by atoms with Gasteiger partial charge in [-0.25, -0.2) is 9.78 Å². The van der Waals surface area contributed by atoms with Gasteiger partial charge in [0.15, 0.2) is 0 Å². The second-order valence-corrected chi connectivity index (χ2v) is 6.18. The molecule has 1 amide bonds. The molecule has 1 rings (SSSR count). The van der Waals surface area contributed by atoms with Crippen molar-refractivity contribution in [1.29, 1.82) is 0 Å². The lowest BCUT2D eigenvalue weighted by molar-refractivity contribution is 0.0506. The molecule has 0 aliphatic carbocycles. The fourth-order valence-corrected chi connectivity index (χ4v) is 2.09. The van der Waals surface area contributed by atoms with Crippen molar-refractivity contribution in [3.8, 4) is 0 Å². The minimum atomic E-state index is -0.549. The summed E-state index contributed by atoms with van der Waals surface area (Å²) in [4.78, 5) is 15.6. The van der Waals surface area contributed by atoms with Crippen LogP contribution in [0.25, 0.3) is 0 Å². The molecule has 1 aromatic heterocycles. The Balaban J connectivity index is 2.65. The number of hydrogen-bond donors (Lipinski definition) is 2. The first-order chi connectivity index (χ1) is 9.19. The van der Waals surface area contributed by atoms with Gasteiger partial charge < -0.3 is 15.8 Å². The van der Waals surface area contributed by atoms with Gasteiger partial charge in [0.2, 0.25) is 0 Å². The SMILES string of the molecule is CC(C)(C)OC(=O)NC(CN)Cc1cc(Cl)nc(Cl)c1. The maximum absolute atomic E-state index is 11.7. The summed E-state index contributed by atoms with van der Waals surface area (Å²) in [5, 5.41) is 3.33. The lowest BCUT2D eigenvalue weighted by Gasteiger charge is -2.23. The van der Waals surface area contributed by atoms with Crippen molar-refractivity contribution in [1.82, 2.24) is 10.3 Å². The highest BCUT2D eigenvalue weighted by atomic mass is 35.5.